The van der Waals surface area contributed by atoms with Crippen molar-refractivity contribution in [3.63, 3.8) is 0 Å². The minimum Gasteiger partial charge on any atom is -0.349 e. The van der Waals surface area contributed by atoms with Gasteiger partial charge in [-0.25, -0.2) is 0 Å². The monoisotopic (exact) mass is 438 g/mol. The Morgan fingerprint density at radius 2 is 1.84 bits per heavy atom. The number of rotatable bonds is 9. The predicted octanol–water partition coefficient (Wildman–Crippen LogP) is 3.77. The van der Waals surface area contributed by atoms with Crippen LogP contribution in [0.3, 0.4) is 0 Å². The fourth-order valence-electron chi connectivity index (χ4n) is 3.92. The summed E-state index contributed by atoms with van der Waals surface area (Å²) >= 11 is 1.56. The van der Waals surface area contributed by atoms with Crippen molar-refractivity contribution in [2.24, 2.45) is 0 Å². The summed E-state index contributed by atoms with van der Waals surface area (Å²) in [5.41, 5.74) is 0.999. The number of hydrogen-bond acceptors (Lipinski definition) is 6. The molecule has 3 heterocycles. The Labute approximate surface area is 187 Å². The molecule has 1 N–H and O–H groups in total. The number of tetrazole rings is 1. The first-order chi connectivity index (χ1) is 15.2. The van der Waals surface area contributed by atoms with Gasteiger partial charge in [-0.3, -0.25) is 4.79 Å². The molecule has 1 amide bonds. The zero-order chi connectivity index (χ0) is 21.5. The van der Waals surface area contributed by atoms with Crippen LogP contribution in [0.15, 0.2) is 42.5 Å². The lowest BCUT2D eigenvalue weighted by Crippen LogP contribution is -2.44. The Morgan fingerprint density at radius 3 is 2.58 bits per heavy atom. The number of likely N-dealkylation sites (tertiary alicyclic amines) is 1. The van der Waals surface area contributed by atoms with Gasteiger partial charge in [0.2, 0.25) is 5.82 Å². The highest BCUT2D eigenvalue weighted by Crippen LogP contribution is 2.17. The van der Waals surface area contributed by atoms with Crippen LogP contribution in [-0.4, -0.2) is 56.7 Å². The minimum atomic E-state index is 0.0775. The maximum absolute atomic E-state index is 12.3. The van der Waals surface area contributed by atoms with Crippen molar-refractivity contribution < 1.29 is 4.79 Å². The first kappa shape index (κ1) is 21.6. The Hall–Kier alpha value is -2.58. The molecule has 2 aromatic heterocycles. The van der Waals surface area contributed by atoms with Gasteiger partial charge in [0, 0.05) is 29.6 Å². The van der Waals surface area contributed by atoms with Crippen LogP contribution in [0.2, 0.25) is 0 Å². The van der Waals surface area contributed by atoms with E-state index >= 15 is 0 Å². The highest BCUT2D eigenvalue weighted by atomic mass is 32.1. The lowest BCUT2D eigenvalue weighted by atomic mass is 10.0. The SMILES string of the molecule is Cc1ccc(C(=O)NC2CCN(CCCCCn3nnc(-c4ccccc4)n3)CC2)s1. The molecule has 31 heavy (non-hydrogen) atoms. The lowest BCUT2D eigenvalue weighted by molar-refractivity contribution is 0.0914. The van der Waals surface area contributed by atoms with Crippen LogP contribution in [0.1, 0.15) is 46.7 Å². The van der Waals surface area contributed by atoms with E-state index in [1.807, 2.05) is 49.4 Å². The number of thiophene rings is 1. The summed E-state index contributed by atoms with van der Waals surface area (Å²) in [6, 6.07) is 14.2. The van der Waals surface area contributed by atoms with Crippen molar-refractivity contribution >= 4 is 17.2 Å². The topological polar surface area (TPSA) is 75.9 Å². The molecule has 7 nitrogen and oxygen atoms in total. The number of amides is 1. The molecule has 0 atom stereocenters. The predicted molar refractivity (Wildman–Crippen MR) is 123 cm³/mol. The van der Waals surface area contributed by atoms with Crippen LogP contribution in [0.4, 0.5) is 0 Å². The van der Waals surface area contributed by atoms with E-state index in [0.717, 1.165) is 62.3 Å². The summed E-state index contributed by atoms with van der Waals surface area (Å²) in [7, 11) is 0. The van der Waals surface area contributed by atoms with Gasteiger partial charge in [-0.05, 0) is 56.5 Å². The third-order valence-electron chi connectivity index (χ3n) is 5.70. The molecule has 8 heteroatoms. The van der Waals surface area contributed by atoms with Gasteiger partial charge >= 0.3 is 0 Å². The van der Waals surface area contributed by atoms with Crippen molar-refractivity contribution in [1.82, 2.24) is 30.4 Å². The average molecular weight is 439 g/mol. The summed E-state index contributed by atoms with van der Waals surface area (Å²) in [5, 5.41) is 16.0. The quantitative estimate of drug-likeness (QED) is 0.515. The van der Waals surface area contributed by atoms with E-state index in [4.69, 9.17) is 0 Å². The normalized spacial score (nSPS) is 15.3. The molecular weight excluding hydrogens is 408 g/mol. The average Bonchev–Trinajstić information content (AvgIpc) is 3.45. The van der Waals surface area contributed by atoms with Gasteiger partial charge in [0.05, 0.1) is 11.4 Å². The first-order valence-corrected chi connectivity index (χ1v) is 11.9. The third kappa shape index (κ3) is 6.21. The van der Waals surface area contributed by atoms with Crippen LogP contribution in [0, 0.1) is 6.92 Å². The van der Waals surface area contributed by atoms with Crippen molar-refractivity contribution in [2.45, 2.75) is 51.6 Å². The highest BCUT2D eigenvalue weighted by molar-refractivity contribution is 7.13. The summed E-state index contributed by atoms with van der Waals surface area (Å²) in [6.45, 7) is 6.06. The second-order valence-electron chi connectivity index (χ2n) is 8.14. The number of aromatic nitrogens is 4. The van der Waals surface area contributed by atoms with E-state index in [1.54, 1.807) is 16.1 Å². The number of aryl methyl sites for hydroxylation is 2. The standard InChI is InChI=1S/C23H30N6OS/c1-18-10-11-21(31-18)23(30)24-20-12-16-28(17-13-20)14-6-3-7-15-29-26-22(25-27-29)19-8-4-2-5-9-19/h2,4-5,8-11,20H,3,6-7,12-17H2,1H3,(H,24,30). The number of nitrogens with zero attached hydrogens (tertiary/aromatic N) is 5. The van der Waals surface area contributed by atoms with Gasteiger partial charge in [-0.15, -0.1) is 21.5 Å². The number of unbranched alkanes of at least 4 members (excludes halogenated alkanes) is 2. The molecule has 0 spiro atoms. The van der Waals surface area contributed by atoms with Crippen LogP contribution in [0.5, 0.6) is 0 Å². The van der Waals surface area contributed by atoms with E-state index in [0.29, 0.717) is 11.9 Å². The van der Waals surface area contributed by atoms with E-state index in [1.165, 1.54) is 11.3 Å². The molecule has 0 radical (unpaired) electrons. The molecule has 0 saturated carbocycles. The first-order valence-electron chi connectivity index (χ1n) is 11.1. The van der Waals surface area contributed by atoms with E-state index in [9.17, 15) is 4.79 Å². The Bertz CT molecular complexity index is 961. The Balaban J connectivity index is 1.09. The van der Waals surface area contributed by atoms with E-state index in [-0.39, 0.29) is 5.91 Å². The number of carbonyl (C=O) groups is 1. The van der Waals surface area contributed by atoms with Crippen LogP contribution in [-0.2, 0) is 6.54 Å². The van der Waals surface area contributed by atoms with Crippen molar-refractivity contribution in [1.29, 1.82) is 0 Å². The van der Waals surface area contributed by atoms with Crippen molar-refractivity contribution in [3.05, 3.63) is 52.2 Å². The Morgan fingerprint density at radius 1 is 1.06 bits per heavy atom. The zero-order valence-corrected chi connectivity index (χ0v) is 18.9. The second-order valence-corrected chi connectivity index (χ2v) is 9.42. The van der Waals surface area contributed by atoms with Gasteiger partial charge in [-0.2, -0.15) is 4.80 Å². The van der Waals surface area contributed by atoms with E-state index < -0.39 is 0 Å². The third-order valence-corrected chi connectivity index (χ3v) is 6.70. The summed E-state index contributed by atoms with van der Waals surface area (Å²) in [4.78, 5) is 18.5. The van der Waals surface area contributed by atoms with Gasteiger partial charge in [-0.1, -0.05) is 36.8 Å². The Kier molecular flexibility index (Phi) is 7.43. The maximum atomic E-state index is 12.3. The van der Waals surface area contributed by atoms with Crippen LogP contribution < -0.4 is 5.32 Å². The smallest absolute Gasteiger partial charge is 0.261 e. The molecule has 0 unspecified atom stereocenters. The fourth-order valence-corrected chi connectivity index (χ4v) is 4.69. The summed E-state index contributed by atoms with van der Waals surface area (Å²) in [5.74, 6) is 0.762. The molecule has 0 bridgehead atoms. The summed E-state index contributed by atoms with van der Waals surface area (Å²) in [6.07, 6.45) is 5.43. The molecular formula is C23H30N6OS. The van der Waals surface area contributed by atoms with Crippen LogP contribution in [0.25, 0.3) is 11.4 Å². The molecule has 1 saturated heterocycles. The zero-order valence-electron chi connectivity index (χ0n) is 18.0. The van der Waals surface area contributed by atoms with E-state index in [2.05, 4.69) is 25.6 Å². The molecule has 0 aliphatic carbocycles. The maximum Gasteiger partial charge on any atom is 0.261 e. The molecule has 1 aromatic carbocycles. The minimum absolute atomic E-state index is 0.0775. The molecule has 1 fully saturated rings. The highest BCUT2D eigenvalue weighted by Gasteiger charge is 2.21. The van der Waals surface area contributed by atoms with Gasteiger partial charge in [0.25, 0.3) is 5.91 Å². The fraction of sp³-hybridized carbons (Fsp3) is 0.478. The number of nitrogens with one attached hydrogen (secondary N) is 1. The number of benzene rings is 1. The second kappa shape index (κ2) is 10.6. The van der Waals surface area contributed by atoms with Crippen LogP contribution >= 0.6 is 11.3 Å². The number of piperidine rings is 1. The van der Waals surface area contributed by atoms with Gasteiger partial charge < -0.3 is 10.2 Å². The lowest BCUT2D eigenvalue weighted by Gasteiger charge is -2.32. The summed E-state index contributed by atoms with van der Waals surface area (Å²) < 4.78 is 0. The van der Waals surface area contributed by atoms with Crippen molar-refractivity contribution in [2.75, 3.05) is 19.6 Å². The van der Waals surface area contributed by atoms with Gasteiger partial charge in [0.1, 0.15) is 0 Å². The molecule has 1 aliphatic heterocycles. The molecule has 4 rings (SSSR count). The van der Waals surface area contributed by atoms with Gasteiger partial charge in [0.15, 0.2) is 0 Å². The largest absolute Gasteiger partial charge is 0.349 e. The number of carbonyl (C=O) groups excluding carboxylic acids is 1. The molecule has 3 aromatic rings. The number of hydrogen-bond donors (Lipinski definition) is 1. The molecule has 1 aliphatic rings. The molecule has 164 valence electrons. The van der Waals surface area contributed by atoms with Crippen molar-refractivity contribution in [3.8, 4) is 11.4 Å².